The molecule has 100 valence electrons. The molecule has 0 saturated heterocycles. The van der Waals surface area contributed by atoms with Gasteiger partial charge < -0.3 is 11.1 Å². The molecule has 3 nitrogen and oxygen atoms in total. The van der Waals surface area contributed by atoms with Crippen molar-refractivity contribution in [2.45, 2.75) is 0 Å². The van der Waals surface area contributed by atoms with Crippen LogP contribution in [0.5, 0.6) is 0 Å². The second kappa shape index (κ2) is 4.71. The molecule has 0 aliphatic heterocycles. The minimum Gasteiger partial charge on any atom is -0.396 e. The van der Waals surface area contributed by atoms with Crippen LogP contribution in [0.4, 0.5) is 39.1 Å². The standard InChI is InChI=1S/C11H6F5N3/c12-5-6(13)8(15)10(9(16)7(5)14)19-11-4(17)2-1-3-18-11/h1-3H,17H2,(H,18,19). The molecule has 3 N–H and O–H groups in total. The summed E-state index contributed by atoms with van der Waals surface area (Å²) < 4.78 is 65.5. The lowest BCUT2D eigenvalue weighted by atomic mass is 10.2. The smallest absolute Gasteiger partial charge is 0.200 e. The maximum absolute atomic E-state index is 13.4. The first-order valence-electron chi connectivity index (χ1n) is 4.92. The van der Waals surface area contributed by atoms with Crippen LogP contribution in [0.1, 0.15) is 0 Å². The number of nitrogens with zero attached hydrogens (tertiary/aromatic N) is 1. The number of benzene rings is 1. The summed E-state index contributed by atoms with van der Waals surface area (Å²) in [6, 6.07) is 2.79. The lowest BCUT2D eigenvalue weighted by Crippen LogP contribution is -2.08. The lowest BCUT2D eigenvalue weighted by Gasteiger charge is -2.11. The van der Waals surface area contributed by atoms with Crippen LogP contribution < -0.4 is 11.1 Å². The number of halogens is 5. The Kier molecular flexibility index (Phi) is 3.24. The fraction of sp³-hybridized carbons (Fsp3) is 0. The molecule has 0 radical (unpaired) electrons. The molecule has 0 aliphatic rings. The van der Waals surface area contributed by atoms with E-state index in [9.17, 15) is 22.0 Å². The molecule has 1 heterocycles. The number of nitrogens with two attached hydrogens (primary N) is 1. The van der Waals surface area contributed by atoms with Crippen molar-refractivity contribution in [1.82, 2.24) is 4.98 Å². The van der Waals surface area contributed by atoms with Gasteiger partial charge in [0.25, 0.3) is 0 Å². The molecule has 0 unspecified atom stereocenters. The molecular weight excluding hydrogens is 269 g/mol. The van der Waals surface area contributed by atoms with Crippen LogP contribution >= 0.6 is 0 Å². The highest BCUT2D eigenvalue weighted by molar-refractivity contribution is 5.69. The lowest BCUT2D eigenvalue weighted by molar-refractivity contribution is 0.382. The first kappa shape index (κ1) is 13.1. The Morgan fingerprint density at radius 2 is 1.42 bits per heavy atom. The van der Waals surface area contributed by atoms with Gasteiger partial charge in [-0.3, -0.25) is 0 Å². The maximum atomic E-state index is 13.4. The normalized spacial score (nSPS) is 10.6. The average molecular weight is 275 g/mol. The molecule has 19 heavy (non-hydrogen) atoms. The highest BCUT2D eigenvalue weighted by Crippen LogP contribution is 2.30. The third-order valence-corrected chi connectivity index (χ3v) is 2.29. The van der Waals surface area contributed by atoms with Crippen molar-refractivity contribution < 1.29 is 22.0 Å². The topological polar surface area (TPSA) is 50.9 Å². The van der Waals surface area contributed by atoms with Crippen molar-refractivity contribution in [2.75, 3.05) is 11.1 Å². The molecule has 0 saturated carbocycles. The van der Waals surface area contributed by atoms with Crippen molar-refractivity contribution in [3.63, 3.8) is 0 Å². The molecule has 2 aromatic rings. The predicted molar refractivity (Wildman–Crippen MR) is 58.2 cm³/mol. The van der Waals surface area contributed by atoms with Crippen LogP contribution in [0.15, 0.2) is 18.3 Å². The molecule has 8 heteroatoms. The van der Waals surface area contributed by atoms with Crippen LogP contribution in [-0.4, -0.2) is 4.98 Å². The zero-order valence-electron chi connectivity index (χ0n) is 9.15. The monoisotopic (exact) mass is 275 g/mol. The van der Waals surface area contributed by atoms with E-state index in [2.05, 4.69) is 4.98 Å². The summed E-state index contributed by atoms with van der Waals surface area (Å²) in [6.45, 7) is 0. The van der Waals surface area contributed by atoms with Gasteiger partial charge in [-0.2, -0.15) is 0 Å². The van der Waals surface area contributed by atoms with E-state index in [1.54, 1.807) is 0 Å². The minimum absolute atomic E-state index is 0.00792. The van der Waals surface area contributed by atoms with Gasteiger partial charge in [-0.05, 0) is 12.1 Å². The number of pyridine rings is 1. The third kappa shape index (κ3) is 2.16. The van der Waals surface area contributed by atoms with E-state index in [4.69, 9.17) is 5.73 Å². The van der Waals surface area contributed by atoms with Gasteiger partial charge in [0.1, 0.15) is 5.69 Å². The maximum Gasteiger partial charge on any atom is 0.200 e. The summed E-state index contributed by atoms with van der Waals surface area (Å²) in [4.78, 5) is 3.63. The van der Waals surface area contributed by atoms with E-state index in [0.717, 1.165) is 0 Å². The van der Waals surface area contributed by atoms with E-state index in [-0.39, 0.29) is 11.5 Å². The Morgan fingerprint density at radius 3 is 1.95 bits per heavy atom. The summed E-state index contributed by atoms with van der Waals surface area (Å²) in [5, 5.41) is 1.98. The quantitative estimate of drug-likeness (QED) is 0.503. The van der Waals surface area contributed by atoms with Crippen molar-refractivity contribution >= 4 is 17.2 Å². The summed E-state index contributed by atoms with van der Waals surface area (Å²) in [5.41, 5.74) is 4.23. The molecule has 2 rings (SSSR count). The molecule has 0 amide bonds. The third-order valence-electron chi connectivity index (χ3n) is 2.29. The molecule has 0 spiro atoms. The predicted octanol–water partition coefficient (Wildman–Crippen LogP) is 3.10. The molecule has 0 atom stereocenters. The summed E-state index contributed by atoms with van der Waals surface area (Å²) in [6.07, 6.45) is 1.24. The van der Waals surface area contributed by atoms with Crippen LogP contribution in [0.25, 0.3) is 0 Å². The SMILES string of the molecule is Nc1cccnc1Nc1c(F)c(F)c(F)c(F)c1F. The Morgan fingerprint density at radius 1 is 0.895 bits per heavy atom. The number of nitrogens with one attached hydrogen (secondary N) is 1. The van der Waals surface area contributed by atoms with Gasteiger partial charge in [-0.15, -0.1) is 0 Å². The number of hydrogen-bond acceptors (Lipinski definition) is 3. The molecule has 1 aromatic carbocycles. The summed E-state index contributed by atoms with van der Waals surface area (Å²) in [7, 11) is 0. The van der Waals surface area contributed by atoms with Crippen molar-refractivity contribution in [1.29, 1.82) is 0 Å². The molecule has 0 bridgehead atoms. The fourth-order valence-corrected chi connectivity index (χ4v) is 1.36. The molecule has 0 fully saturated rings. The Bertz CT molecular complexity index is 615. The van der Waals surface area contributed by atoms with Crippen LogP contribution in [-0.2, 0) is 0 Å². The van der Waals surface area contributed by atoms with Crippen LogP contribution in [0, 0.1) is 29.1 Å². The number of anilines is 3. The van der Waals surface area contributed by atoms with Gasteiger partial charge in [0.2, 0.25) is 5.82 Å². The highest BCUT2D eigenvalue weighted by atomic mass is 19.2. The average Bonchev–Trinajstić information content (AvgIpc) is 2.41. The number of rotatable bonds is 2. The van der Waals surface area contributed by atoms with Crippen LogP contribution in [0.2, 0.25) is 0 Å². The number of hydrogen-bond donors (Lipinski definition) is 2. The van der Waals surface area contributed by atoms with Crippen molar-refractivity contribution in [3.8, 4) is 0 Å². The Balaban J connectivity index is 2.56. The zero-order valence-corrected chi connectivity index (χ0v) is 9.15. The van der Waals surface area contributed by atoms with Gasteiger partial charge >= 0.3 is 0 Å². The van der Waals surface area contributed by atoms with E-state index in [1.165, 1.54) is 18.3 Å². The first-order chi connectivity index (χ1) is 8.93. The fourth-order valence-electron chi connectivity index (χ4n) is 1.36. The number of aromatic nitrogens is 1. The summed E-state index contributed by atoms with van der Waals surface area (Å²) in [5.74, 6) is -10.5. The van der Waals surface area contributed by atoms with Gasteiger partial charge in [0, 0.05) is 6.20 Å². The molecular formula is C11H6F5N3. The van der Waals surface area contributed by atoms with Gasteiger partial charge in [0.15, 0.2) is 29.1 Å². The van der Waals surface area contributed by atoms with Crippen LogP contribution in [0.3, 0.4) is 0 Å². The van der Waals surface area contributed by atoms with Gasteiger partial charge in [-0.25, -0.2) is 26.9 Å². The Labute approximate surface area is 103 Å². The molecule has 1 aromatic heterocycles. The van der Waals surface area contributed by atoms with E-state index in [1.807, 2.05) is 5.32 Å². The minimum atomic E-state index is -2.23. The van der Waals surface area contributed by atoms with Crippen molar-refractivity contribution in [2.24, 2.45) is 0 Å². The zero-order chi connectivity index (χ0) is 14.2. The van der Waals surface area contributed by atoms with Crippen molar-refractivity contribution in [3.05, 3.63) is 47.4 Å². The second-order valence-corrected chi connectivity index (χ2v) is 3.51. The molecule has 0 aliphatic carbocycles. The largest absolute Gasteiger partial charge is 0.396 e. The van der Waals surface area contributed by atoms with E-state index >= 15 is 0 Å². The number of nitrogen functional groups attached to an aromatic ring is 1. The van der Waals surface area contributed by atoms with E-state index in [0.29, 0.717) is 0 Å². The summed E-state index contributed by atoms with van der Waals surface area (Å²) >= 11 is 0. The highest BCUT2D eigenvalue weighted by Gasteiger charge is 2.26. The van der Waals surface area contributed by atoms with E-state index < -0.39 is 34.8 Å². The second-order valence-electron chi connectivity index (χ2n) is 3.51. The Hall–Kier alpha value is -2.38. The van der Waals surface area contributed by atoms with Gasteiger partial charge in [0.05, 0.1) is 5.69 Å². The van der Waals surface area contributed by atoms with Gasteiger partial charge in [-0.1, -0.05) is 0 Å². The first-order valence-corrected chi connectivity index (χ1v) is 4.92.